The first-order valence-corrected chi connectivity index (χ1v) is 7.24. The Labute approximate surface area is 126 Å². The summed E-state index contributed by atoms with van der Waals surface area (Å²) in [6, 6.07) is 0. The molecule has 2 heterocycles. The van der Waals surface area contributed by atoms with E-state index in [2.05, 4.69) is 9.97 Å². The number of H-pyrrole nitrogens is 1. The van der Waals surface area contributed by atoms with Gasteiger partial charge in [-0.2, -0.15) is 0 Å². The van der Waals surface area contributed by atoms with Crippen LogP contribution in [0.5, 0.6) is 0 Å². The zero-order valence-corrected chi connectivity index (χ0v) is 12.9. The molecule has 0 saturated heterocycles. The van der Waals surface area contributed by atoms with Gasteiger partial charge < -0.3 is 9.67 Å². The number of carbonyl (C=O) groups is 1. The van der Waals surface area contributed by atoms with Gasteiger partial charge in [0, 0.05) is 20.0 Å². The van der Waals surface area contributed by atoms with Crippen molar-refractivity contribution in [2.45, 2.75) is 38.5 Å². The third-order valence-corrected chi connectivity index (χ3v) is 3.86. The molecule has 1 atom stereocenters. The van der Waals surface area contributed by atoms with Gasteiger partial charge in [0.25, 0.3) is 5.56 Å². The van der Waals surface area contributed by atoms with Crippen LogP contribution in [0.3, 0.4) is 0 Å². The van der Waals surface area contributed by atoms with Crippen molar-refractivity contribution in [2.75, 3.05) is 0 Å². The van der Waals surface area contributed by atoms with Gasteiger partial charge in [-0.3, -0.25) is 19.1 Å². The van der Waals surface area contributed by atoms with Crippen molar-refractivity contribution in [1.29, 1.82) is 0 Å². The third kappa shape index (κ3) is 2.81. The fourth-order valence-corrected chi connectivity index (χ4v) is 2.67. The fraction of sp³-hybridized carbons (Fsp3) is 0.571. The molecule has 0 aliphatic rings. The average molecular weight is 308 g/mol. The summed E-state index contributed by atoms with van der Waals surface area (Å²) in [6.45, 7) is 2.03. The Balaban J connectivity index is 2.63. The molecule has 0 radical (unpaired) electrons. The number of nitrogens with zero attached hydrogens (tertiary/aromatic N) is 3. The summed E-state index contributed by atoms with van der Waals surface area (Å²) in [6.07, 6.45) is 2.43. The lowest BCUT2D eigenvalue weighted by atomic mass is 9.97. The molecule has 2 N–H and O–H groups in total. The number of unbranched alkanes of at least 4 members (excludes halogenated alkanes) is 1. The zero-order chi connectivity index (χ0) is 16.4. The molecule has 0 aromatic carbocycles. The van der Waals surface area contributed by atoms with Crippen LogP contribution in [0.25, 0.3) is 11.2 Å². The van der Waals surface area contributed by atoms with Crippen LogP contribution in [-0.2, 0) is 18.9 Å². The summed E-state index contributed by atoms with van der Waals surface area (Å²) in [7, 11) is 3.20. The SMILES string of the molecule is CCCC[C@@H](CC(=O)O)c1nc2c(c(=O)[nH]c(=O)n2C)n1C. The van der Waals surface area contributed by atoms with E-state index in [9.17, 15) is 14.4 Å². The van der Waals surface area contributed by atoms with Gasteiger partial charge in [-0.15, -0.1) is 0 Å². The van der Waals surface area contributed by atoms with Crippen molar-refractivity contribution < 1.29 is 9.90 Å². The second-order valence-corrected chi connectivity index (χ2v) is 5.46. The number of fused-ring (bicyclic) bond motifs is 1. The van der Waals surface area contributed by atoms with E-state index in [0.29, 0.717) is 12.2 Å². The lowest BCUT2D eigenvalue weighted by Crippen LogP contribution is -2.29. The summed E-state index contributed by atoms with van der Waals surface area (Å²) in [4.78, 5) is 41.4. The molecule has 120 valence electrons. The molecule has 0 unspecified atom stereocenters. The van der Waals surface area contributed by atoms with Gasteiger partial charge in [0.1, 0.15) is 5.82 Å². The normalized spacial score (nSPS) is 12.7. The van der Waals surface area contributed by atoms with E-state index in [1.54, 1.807) is 11.6 Å². The molecular formula is C14H20N4O4. The van der Waals surface area contributed by atoms with Crippen LogP contribution in [0.1, 0.15) is 44.3 Å². The Hall–Kier alpha value is -2.38. The van der Waals surface area contributed by atoms with Gasteiger partial charge in [0.05, 0.1) is 6.42 Å². The maximum atomic E-state index is 12.0. The van der Waals surface area contributed by atoms with Crippen LogP contribution >= 0.6 is 0 Å². The molecule has 0 aliphatic carbocycles. The predicted octanol–water partition coefficient (Wildman–Crippen LogP) is 0.709. The van der Waals surface area contributed by atoms with Crippen LogP contribution in [-0.4, -0.2) is 30.2 Å². The number of imidazole rings is 1. The molecule has 22 heavy (non-hydrogen) atoms. The number of hydrogen-bond donors (Lipinski definition) is 2. The number of nitrogens with one attached hydrogen (secondary N) is 1. The molecular weight excluding hydrogens is 288 g/mol. The number of rotatable bonds is 6. The lowest BCUT2D eigenvalue weighted by Gasteiger charge is -2.14. The van der Waals surface area contributed by atoms with Crippen molar-refractivity contribution in [3.05, 3.63) is 26.7 Å². The summed E-state index contributed by atoms with van der Waals surface area (Å²) in [5, 5.41) is 9.10. The first-order chi connectivity index (χ1) is 10.4. The fourth-order valence-electron chi connectivity index (χ4n) is 2.67. The number of carboxylic acid groups (broad SMARTS) is 1. The Morgan fingerprint density at radius 2 is 2.00 bits per heavy atom. The van der Waals surface area contributed by atoms with Gasteiger partial charge in [-0.25, -0.2) is 9.78 Å². The Bertz CT molecular complexity index is 815. The average Bonchev–Trinajstić information content (AvgIpc) is 2.79. The monoisotopic (exact) mass is 308 g/mol. The van der Waals surface area contributed by atoms with E-state index in [-0.39, 0.29) is 23.5 Å². The van der Waals surface area contributed by atoms with Crippen molar-refractivity contribution in [1.82, 2.24) is 19.1 Å². The lowest BCUT2D eigenvalue weighted by molar-refractivity contribution is -0.137. The van der Waals surface area contributed by atoms with E-state index in [1.807, 2.05) is 6.92 Å². The highest BCUT2D eigenvalue weighted by Gasteiger charge is 2.23. The van der Waals surface area contributed by atoms with Crippen LogP contribution in [0.15, 0.2) is 9.59 Å². The van der Waals surface area contributed by atoms with E-state index >= 15 is 0 Å². The number of aryl methyl sites for hydroxylation is 2. The van der Waals surface area contributed by atoms with Crippen molar-refractivity contribution >= 4 is 17.1 Å². The summed E-state index contributed by atoms with van der Waals surface area (Å²) in [5.41, 5.74) is -0.489. The number of aromatic nitrogens is 4. The standard InChI is InChI=1S/C14H20N4O4/c1-4-5-6-8(7-9(19)20)11-15-12-10(17(11)2)13(21)16-14(22)18(12)3/h8H,4-7H2,1-3H3,(H,19,20)(H,16,21,22)/t8-/m0/s1. The second-order valence-electron chi connectivity index (χ2n) is 5.46. The third-order valence-electron chi connectivity index (χ3n) is 3.86. The summed E-state index contributed by atoms with van der Waals surface area (Å²) >= 11 is 0. The summed E-state index contributed by atoms with van der Waals surface area (Å²) in [5.74, 6) is -0.669. The molecule has 0 aliphatic heterocycles. The zero-order valence-electron chi connectivity index (χ0n) is 12.9. The molecule has 0 amide bonds. The Kier molecular flexibility index (Phi) is 4.48. The van der Waals surface area contributed by atoms with Gasteiger partial charge in [0.2, 0.25) is 0 Å². The van der Waals surface area contributed by atoms with Gasteiger partial charge in [-0.05, 0) is 6.42 Å². The van der Waals surface area contributed by atoms with Crippen molar-refractivity contribution in [3.8, 4) is 0 Å². The number of hydrogen-bond acceptors (Lipinski definition) is 4. The maximum absolute atomic E-state index is 12.0. The first-order valence-electron chi connectivity index (χ1n) is 7.24. The first kappa shape index (κ1) is 16.0. The topological polar surface area (TPSA) is 110 Å². The molecule has 0 bridgehead atoms. The summed E-state index contributed by atoms with van der Waals surface area (Å²) < 4.78 is 2.86. The smallest absolute Gasteiger partial charge is 0.329 e. The molecule has 8 heteroatoms. The second kappa shape index (κ2) is 6.17. The van der Waals surface area contributed by atoms with E-state index in [4.69, 9.17) is 5.11 Å². The predicted molar refractivity (Wildman–Crippen MR) is 81.1 cm³/mol. The number of carboxylic acids is 1. The van der Waals surface area contributed by atoms with Crippen LogP contribution in [0.2, 0.25) is 0 Å². The molecule has 2 rings (SSSR count). The highest BCUT2D eigenvalue weighted by Crippen LogP contribution is 2.26. The molecule has 2 aromatic heterocycles. The van der Waals surface area contributed by atoms with E-state index in [0.717, 1.165) is 12.8 Å². The molecule has 0 fully saturated rings. The Morgan fingerprint density at radius 1 is 1.32 bits per heavy atom. The van der Waals surface area contributed by atoms with Crippen molar-refractivity contribution in [2.24, 2.45) is 14.1 Å². The molecule has 0 saturated carbocycles. The Morgan fingerprint density at radius 3 is 2.59 bits per heavy atom. The van der Waals surface area contributed by atoms with E-state index < -0.39 is 17.2 Å². The molecule has 2 aromatic rings. The maximum Gasteiger partial charge on any atom is 0.329 e. The van der Waals surface area contributed by atoms with Gasteiger partial charge in [-0.1, -0.05) is 19.8 Å². The minimum Gasteiger partial charge on any atom is -0.481 e. The van der Waals surface area contributed by atoms with Crippen LogP contribution in [0.4, 0.5) is 0 Å². The van der Waals surface area contributed by atoms with E-state index in [1.165, 1.54) is 11.6 Å². The number of aliphatic carboxylic acids is 1. The highest BCUT2D eigenvalue weighted by atomic mass is 16.4. The minimum absolute atomic E-state index is 0.0526. The molecule has 0 spiro atoms. The van der Waals surface area contributed by atoms with Crippen LogP contribution < -0.4 is 11.2 Å². The van der Waals surface area contributed by atoms with Gasteiger partial charge in [0.15, 0.2) is 11.2 Å². The highest BCUT2D eigenvalue weighted by molar-refractivity contribution is 5.72. The van der Waals surface area contributed by atoms with Gasteiger partial charge >= 0.3 is 11.7 Å². The largest absolute Gasteiger partial charge is 0.481 e. The molecule has 8 nitrogen and oxygen atoms in total. The van der Waals surface area contributed by atoms with Crippen molar-refractivity contribution in [3.63, 3.8) is 0 Å². The minimum atomic E-state index is -0.907. The quantitative estimate of drug-likeness (QED) is 0.816. The van der Waals surface area contributed by atoms with Crippen LogP contribution in [0, 0.1) is 0 Å². The number of aromatic amines is 1.